The summed E-state index contributed by atoms with van der Waals surface area (Å²) in [5.41, 5.74) is 5.50. The molecule has 1 amide bonds. The molecule has 2 atom stereocenters. The van der Waals surface area contributed by atoms with Gasteiger partial charge in [-0.25, -0.2) is 0 Å². The van der Waals surface area contributed by atoms with Crippen LogP contribution in [0.5, 0.6) is 0 Å². The predicted molar refractivity (Wildman–Crippen MR) is 48.6 cm³/mol. The first-order valence-electron chi connectivity index (χ1n) is 4.62. The first-order valence-corrected chi connectivity index (χ1v) is 4.62. The molecule has 0 aliphatic heterocycles. The number of carbonyl (C=O) groups is 1. The zero-order valence-corrected chi connectivity index (χ0v) is 7.75. The molecule has 1 rings (SSSR count). The van der Waals surface area contributed by atoms with E-state index in [4.69, 9.17) is 5.73 Å². The summed E-state index contributed by atoms with van der Waals surface area (Å²) in [6.45, 7) is 1.83. The van der Waals surface area contributed by atoms with Gasteiger partial charge in [0.15, 0.2) is 0 Å². The lowest BCUT2D eigenvalue weighted by Gasteiger charge is -2.14. The van der Waals surface area contributed by atoms with Crippen molar-refractivity contribution in [2.24, 2.45) is 11.7 Å². The van der Waals surface area contributed by atoms with Crippen LogP contribution < -0.4 is 11.1 Å². The molecule has 4 nitrogen and oxygen atoms in total. The van der Waals surface area contributed by atoms with Gasteiger partial charge in [-0.2, -0.15) is 0 Å². The van der Waals surface area contributed by atoms with Crippen molar-refractivity contribution in [1.29, 1.82) is 0 Å². The van der Waals surface area contributed by atoms with E-state index in [0.717, 1.165) is 12.8 Å². The Bertz CT molecular complexity index is 202. The van der Waals surface area contributed by atoms with Gasteiger partial charge in [-0.15, -0.1) is 0 Å². The van der Waals surface area contributed by atoms with Crippen molar-refractivity contribution in [2.75, 3.05) is 0 Å². The van der Waals surface area contributed by atoms with Crippen molar-refractivity contribution in [2.45, 2.75) is 38.3 Å². The topological polar surface area (TPSA) is 72.2 Å². The number of hydrogen-bond acceptors (Lipinski definition) is 3. The Morgan fingerprint density at radius 3 is 2.69 bits per heavy atom. The summed E-state index contributed by atoms with van der Waals surface area (Å²) in [6, 6.07) is -0.945. The average molecular weight is 183 g/mol. The van der Waals surface area contributed by atoms with Crippen LogP contribution in [0.25, 0.3) is 0 Å². The van der Waals surface area contributed by atoms with Crippen LogP contribution in [-0.2, 0) is 9.59 Å². The molecule has 73 valence electrons. The Morgan fingerprint density at radius 2 is 2.31 bits per heavy atom. The Balaban J connectivity index is 2.36. The van der Waals surface area contributed by atoms with E-state index >= 15 is 0 Å². The molecule has 0 spiro atoms. The van der Waals surface area contributed by atoms with Crippen LogP contribution in [0.15, 0.2) is 0 Å². The van der Waals surface area contributed by atoms with Crippen LogP contribution in [0.2, 0.25) is 0 Å². The maximum Gasteiger partial charge on any atom is 0.237 e. The van der Waals surface area contributed by atoms with Crippen molar-refractivity contribution in [3.63, 3.8) is 0 Å². The summed E-state index contributed by atoms with van der Waals surface area (Å²) < 4.78 is 0. The van der Waals surface area contributed by atoms with Gasteiger partial charge in [0.05, 0.1) is 12.1 Å². The molecular formula is C9H15N2O2. The molecule has 0 aromatic carbocycles. The summed E-state index contributed by atoms with van der Waals surface area (Å²) in [7, 11) is 0. The molecule has 0 unspecified atom stereocenters. The smallest absolute Gasteiger partial charge is 0.237 e. The summed E-state index contributed by atoms with van der Waals surface area (Å²) >= 11 is 0. The third-order valence-electron chi connectivity index (χ3n) is 2.29. The molecule has 1 aliphatic carbocycles. The zero-order chi connectivity index (χ0) is 9.84. The zero-order valence-electron chi connectivity index (χ0n) is 7.75. The minimum absolute atomic E-state index is 0.247. The standard InChI is InChI=1S/C9H15N2O2/c1-2-7(10)9(13)11-8(5-12)6-3-4-6/h6-8H,2-4,10H2,1H3,(H,11,13)/t7-,8+/m0/s1. The van der Waals surface area contributed by atoms with E-state index in [1.165, 1.54) is 0 Å². The average Bonchev–Trinajstić information content (AvgIpc) is 2.95. The number of hydrogen-bond donors (Lipinski definition) is 2. The lowest BCUT2D eigenvalue weighted by molar-refractivity contribution is -0.122. The molecule has 0 saturated heterocycles. The van der Waals surface area contributed by atoms with E-state index in [1.54, 1.807) is 0 Å². The third-order valence-corrected chi connectivity index (χ3v) is 2.29. The lowest BCUT2D eigenvalue weighted by Crippen LogP contribution is -2.46. The first-order chi connectivity index (χ1) is 6.19. The van der Waals surface area contributed by atoms with Crippen LogP contribution in [-0.4, -0.2) is 24.3 Å². The Morgan fingerprint density at radius 1 is 1.69 bits per heavy atom. The highest BCUT2D eigenvalue weighted by Gasteiger charge is 2.33. The summed E-state index contributed by atoms with van der Waals surface area (Å²) in [4.78, 5) is 21.7. The normalized spacial score (nSPS) is 20.5. The minimum atomic E-state index is -0.505. The van der Waals surface area contributed by atoms with Gasteiger partial charge < -0.3 is 11.1 Å². The molecular weight excluding hydrogens is 168 g/mol. The molecule has 0 aromatic heterocycles. The van der Waals surface area contributed by atoms with Crippen molar-refractivity contribution >= 4 is 12.2 Å². The maximum absolute atomic E-state index is 11.3. The number of carbonyl (C=O) groups excluding carboxylic acids is 2. The molecule has 1 aliphatic rings. The highest BCUT2D eigenvalue weighted by atomic mass is 16.2. The monoisotopic (exact) mass is 183 g/mol. The molecule has 4 heteroatoms. The van der Waals surface area contributed by atoms with E-state index < -0.39 is 12.1 Å². The molecule has 1 fully saturated rings. The van der Waals surface area contributed by atoms with E-state index in [2.05, 4.69) is 5.32 Å². The van der Waals surface area contributed by atoms with Crippen LogP contribution in [0.3, 0.4) is 0 Å². The molecule has 0 aromatic rings. The minimum Gasteiger partial charge on any atom is -0.344 e. The summed E-state index contributed by atoms with van der Waals surface area (Å²) in [6.07, 6.45) is 4.42. The SMILES string of the molecule is CC[C@H](N)C(=O)N[C@H]([C]=O)C1CC1. The highest BCUT2D eigenvalue weighted by molar-refractivity contribution is 5.84. The highest BCUT2D eigenvalue weighted by Crippen LogP contribution is 2.31. The van der Waals surface area contributed by atoms with Crippen LogP contribution in [0.4, 0.5) is 0 Å². The van der Waals surface area contributed by atoms with Gasteiger partial charge in [0.2, 0.25) is 12.2 Å². The Labute approximate surface area is 77.9 Å². The second kappa shape index (κ2) is 4.37. The third kappa shape index (κ3) is 2.81. The summed E-state index contributed by atoms with van der Waals surface area (Å²) in [5.74, 6) is 0.0493. The molecule has 13 heavy (non-hydrogen) atoms. The molecule has 1 saturated carbocycles. The fourth-order valence-corrected chi connectivity index (χ4v) is 1.12. The number of rotatable bonds is 5. The second-order valence-corrected chi connectivity index (χ2v) is 3.46. The van der Waals surface area contributed by atoms with Gasteiger partial charge in [0.25, 0.3) is 0 Å². The Hall–Kier alpha value is -0.900. The molecule has 0 bridgehead atoms. The van der Waals surface area contributed by atoms with Gasteiger partial charge in [-0.1, -0.05) is 6.92 Å². The van der Waals surface area contributed by atoms with Crippen LogP contribution in [0, 0.1) is 5.92 Å². The molecule has 3 N–H and O–H groups in total. The quantitative estimate of drug-likeness (QED) is 0.616. The number of nitrogens with two attached hydrogens (primary N) is 1. The largest absolute Gasteiger partial charge is 0.344 e. The van der Waals surface area contributed by atoms with Gasteiger partial charge in [0.1, 0.15) is 0 Å². The predicted octanol–water partition coefficient (Wildman–Crippen LogP) is -0.272. The van der Waals surface area contributed by atoms with Gasteiger partial charge in [-0.3, -0.25) is 9.59 Å². The number of nitrogens with one attached hydrogen (secondary N) is 1. The lowest BCUT2D eigenvalue weighted by atomic mass is 10.1. The van der Waals surface area contributed by atoms with Gasteiger partial charge in [0, 0.05) is 0 Å². The van der Waals surface area contributed by atoms with Crippen molar-refractivity contribution in [3.05, 3.63) is 0 Å². The van der Waals surface area contributed by atoms with Crippen LogP contribution in [0.1, 0.15) is 26.2 Å². The van der Waals surface area contributed by atoms with Crippen molar-refractivity contribution < 1.29 is 9.59 Å². The summed E-state index contributed by atoms with van der Waals surface area (Å²) in [5, 5.41) is 2.59. The van der Waals surface area contributed by atoms with E-state index in [1.807, 2.05) is 13.2 Å². The molecule has 1 radical (unpaired) electrons. The van der Waals surface area contributed by atoms with Crippen LogP contribution >= 0.6 is 0 Å². The van der Waals surface area contributed by atoms with Crippen molar-refractivity contribution in [1.82, 2.24) is 5.32 Å². The fourth-order valence-electron chi connectivity index (χ4n) is 1.12. The van der Waals surface area contributed by atoms with E-state index in [0.29, 0.717) is 12.3 Å². The first kappa shape index (κ1) is 10.2. The van der Waals surface area contributed by atoms with Gasteiger partial charge >= 0.3 is 0 Å². The van der Waals surface area contributed by atoms with Gasteiger partial charge in [-0.05, 0) is 25.2 Å². The van der Waals surface area contributed by atoms with E-state index in [9.17, 15) is 9.59 Å². The maximum atomic E-state index is 11.3. The van der Waals surface area contributed by atoms with E-state index in [-0.39, 0.29) is 5.91 Å². The molecule has 0 heterocycles. The van der Waals surface area contributed by atoms with Crippen molar-refractivity contribution in [3.8, 4) is 0 Å². The Kier molecular flexibility index (Phi) is 3.42. The second-order valence-electron chi connectivity index (χ2n) is 3.46. The fraction of sp³-hybridized carbons (Fsp3) is 0.778. The number of amides is 1.